The number of ether oxygens (including phenoxy) is 1. The van der Waals surface area contributed by atoms with Crippen LogP contribution in [0.15, 0.2) is 0 Å². The van der Waals surface area contributed by atoms with Crippen LogP contribution in [0.4, 0.5) is 0 Å². The summed E-state index contributed by atoms with van der Waals surface area (Å²) in [6.45, 7) is 6.12. The van der Waals surface area contributed by atoms with Crippen molar-refractivity contribution in [1.82, 2.24) is 4.90 Å². The normalized spacial score (nSPS) is 25.8. The molecular weight excluding hydrogens is 194 g/mol. The topological polar surface area (TPSA) is 52.9 Å². The third kappa shape index (κ3) is 4.47. The zero-order chi connectivity index (χ0) is 11.3. The fourth-order valence-electron chi connectivity index (χ4n) is 1.94. The molecule has 4 heteroatoms. The summed E-state index contributed by atoms with van der Waals surface area (Å²) in [5.41, 5.74) is 0. The highest BCUT2D eigenvalue weighted by Gasteiger charge is 2.22. The standard InChI is InChI=1S/C11H23NO3/c1-9(8-13)12(6-10(2)14)7-11-4-3-5-15-11/h9-11,13-14H,3-8H2,1-2H3. The summed E-state index contributed by atoms with van der Waals surface area (Å²) in [4.78, 5) is 2.10. The molecule has 0 spiro atoms. The lowest BCUT2D eigenvalue weighted by molar-refractivity contribution is 0.0246. The second-order valence-corrected chi connectivity index (χ2v) is 4.47. The molecule has 0 radical (unpaired) electrons. The van der Waals surface area contributed by atoms with Crippen molar-refractivity contribution in [2.24, 2.45) is 0 Å². The van der Waals surface area contributed by atoms with Crippen LogP contribution in [0.1, 0.15) is 26.7 Å². The maximum atomic E-state index is 9.38. The molecule has 1 aliphatic heterocycles. The lowest BCUT2D eigenvalue weighted by Gasteiger charge is -2.30. The van der Waals surface area contributed by atoms with Crippen molar-refractivity contribution in [3.05, 3.63) is 0 Å². The van der Waals surface area contributed by atoms with Crippen LogP contribution in [0.25, 0.3) is 0 Å². The van der Waals surface area contributed by atoms with Crippen LogP contribution in [0.3, 0.4) is 0 Å². The first kappa shape index (κ1) is 12.9. The van der Waals surface area contributed by atoms with E-state index in [0.29, 0.717) is 6.54 Å². The molecule has 1 aliphatic rings. The quantitative estimate of drug-likeness (QED) is 0.669. The predicted octanol–water partition coefficient (Wildman–Crippen LogP) is 0.229. The first-order valence-electron chi connectivity index (χ1n) is 5.78. The van der Waals surface area contributed by atoms with Gasteiger partial charge in [-0.2, -0.15) is 0 Å². The van der Waals surface area contributed by atoms with Gasteiger partial charge in [-0.3, -0.25) is 4.90 Å². The summed E-state index contributed by atoms with van der Waals surface area (Å²) >= 11 is 0. The van der Waals surface area contributed by atoms with Gasteiger partial charge >= 0.3 is 0 Å². The van der Waals surface area contributed by atoms with Crippen LogP contribution in [-0.2, 0) is 4.74 Å². The molecule has 2 N–H and O–H groups in total. The Hall–Kier alpha value is -0.160. The van der Waals surface area contributed by atoms with Gasteiger partial charge in [0, 0.05) is 25.7 Å². The van der Waals surface area contributed by atoms with E-state index in [4.69, 9.17) is 9.84 Å². The molecule has 0 aromatic rings. The molecule has 0 amide bonds. The summed E-state index contributed by atoms with van der Waals surface area (Å²) in [7, 11) is 0. The highest BCUT2D eigenvalue weighted by atomic mass is 16.5. The maximum Gasteiger partial charge on any atom is 0.0702 e. The molecule has 1 rings (SSSR count). The van der Waals surface area contributed by atoms with Gasteiger partial charge in [0.2, 0.25) is 0 Å². The molecule has 0 aliphatic carbocycles. The van der Waals surface area contributed by atoms with Gasteiger partial charge < -0.3 is 14.9 Å². The van der Waals surface area contributed by atoms with Crippen LogP contribution in [0.5, 0.6) is 0 Å². The molecule has 1 fully saturated rings. The van der Waals surface area contributed by atoms with E-state index in [0.717, 1.165) is 26.0 Å². The molecule has 0 bridgehead atoms. The number of aliphatic hydroxyl groups is 2. The van der Waals surface area contributed by atoms with Crippen molar-refractivity contribution >= 4 is 0 Å². The van der Waals surface area contributed by atoms with Crippen LogP contribution < -0.4 is 0 Å². The monoisotopic (exact) mass is 217 g/mol. The maximum absolute atomic E-state index is 9.38. The fraction of sp³-hybridized carbons (Fsp3) is 1.00. The molecule has 0 aromatic carbocycles. The molecule has 90 valence electrons. The van der Waals surface area contributed by atoms with Crippen LogP contribution in [0, 0.1) is 0 Å². The van der Waals surface area contributed by atoms with E-state index in [1.54, 1.807) is 6.92 Å². The molecule has 1 saturated heterocycles. The first-order chi connectivity index (χ1) is 7.13. The Kier molecular flexibility index (Phi) is 5.53. The molecule has 4 nitrogen and oxygen atoms in total. The number of hydrogen-bond donors (Lipinski definition) is 2. The Balaban J connectivity index is 2.39. The minimum atomic E-state index is -0.361. The summed E-state index contributed by atoms with van der Waals surface area (Å²) in [5.74, 6) is 0. The molecule has 1 heterocycles. The summed E-state index contributed by atoms with van der Waals surface area (Å²) in [6, 6.07) is 0.0869. The van der Waals surface area contributed by atoms with Crippen LogP contribution >= 0.6 is 0 Å². The van der Waals surface area contributed by atoms with Crippen molar-refractivity contribution in [2.45, 2.75) is 44.9 Å². The number of aliphatic hydroxyl groups excluding tert-OH is 2. The van der Waals surface area contributed by atoms with Gasteiger partial charge in [-0.1, -0.05) is 0 Å². The fourth-order valence-corrected chi connectivity index (χ4v) is 1.94. The van der Waals surface area contributed by atoms with Gasteiger partial charge in [0.25, 0.3) is 0 Å². The van der Waals surface area contributed by atoms with E-state index in [2.05, 4.69) is 4.90 Å². The van der Waals surface area contributed by atoms with E-state index >= 15 is 0 Å². The highest BCUT2D eigenvalue weighted by Crippen LogP contribution is 2.14. The molecular formula is C11H23NO3. The molecule has 15 heavy (non-hydrogen) atoms. The number of nitrogens with zero attached hydrogens (tertiary/aromatic N) is 1. The lowest BCUT2D eigenvalue weighted by atomic mass is 10.2. The van der Waals surface area contributed by atoms with Gasteiger partial charge in [0.1, 0.15) is 0 Å². The van der Waals surface area contributed by atoms with E-state index in [-0.39, 0.29) is 24.9 Å². The van der Waals surface area contributed by atoms with Crippen molar-refractivity contribution < 1.29 is 14.9 Å². The third-order valence-corrected chi connectivity index (χ3v) is 2.85. The summed E-state index contributed by atoms with van der Waals surface area (Å²) in [5, 5.41) is 18.5. The van der Waals surface area contributed by atoms with Gasteiger partial charge in [0.15, 0.2) is 0 Å². The van der Waals surface area contributed by atoms with Gasteiger partial charge in [-0.05, 0) is 26.7 Å². The largest absolute Gasteiger partial charge is 0.395 e. The molecule has 3 unspecified atom stereocenters. The zero-order valence-corrected chi connectivity index (χ0v) is 9.72. The minimum absolute atomic E-state index is 0.0869. The Bertz CT molecular complexity index is 169. The molecule has 3 atom stereocenters. The summed E-state index contributed by atoms with van der Waals surface area (Å²) in [6.07, 6.45) is 2.13. The lowest BCUT2D eigenvalue weighted by Crippen LogP contribution is -2.44. The predicted molar refractivity (Wildman–Crippen MR) is 58.8 cm³/mol. The average molecular weight is 217 g/mol. The van der Waals surface area contributed by atoms with E-state index < -0.39 is 0 Å². The molecule has 0 saturated carbocycles. The highest BCUT2D eigenvalue weighted by molar-refractivity contribution is 4.75. The van der Waals surface area contributed by atoms with E-state index in [1.807, 2.05) is 6.92 Å². The van der Waals surface area contributed by atoms with Gasteiger partial charge in [0.05, 0.1) is 18.8 Å². The minimum Gasteiger partial charge on any atom is -0.395 e. The third-order valence-electron chi connectivity index (χ3n) is 2.85. The smallest absolute Gasteiger partial charge is 0.0702 e. The Morgan fingerprint density at radius 3 is 2.67 bits per heavy atom. The van der Waals surface area contributed by atoms with Gasteiger partial charge in [-0.15, -0.1) is 0 Å². The van der Waals surface area contributed by atoms with Crippen LogP contribution in [-0.4, -0.2) is 59.7 Å². The Morgan fingerprint density at radius 1 is 1.47 bits per heavy atom. The number of hydrogen-bond acceptors (Lipinski definition) is 4. The van der Waals surface area contributed by atoms with E-state index in [9.17, 15) is 5.11 Å². The van der Waals surface area contributed by atoms with Crippen molar-refractivity contribution in [3.8, 4) is 0 Å². The van der Waals surface area contributed by atoms with E-state index in [1.165, 1.54) is 0 Å². The summed E-state index contributed by atoms with van der Waals surface area (Å²) < 4.78 is 5.55. The Labute approximate surface area is 91.8 Å². The first-order valence-corrected chi connectivity index (χ1v) is 5.78. The SMILES string of the molecule is CC(O)CN(CC1CCCO1)C(C)CO. The van der Waals surface area contributed by atoms with Crippen molar-refractivity contribution in [2.75, 3.05) is 26.3 Å². The Morgan fingerprint density at radius 2 is 2.20 bits per heavy atom. The van der Waals surface area contributed by atoms with Crippen molar-refractivity contribution in [1.29, 1.82) is 0 Å². The van der Waals surface area contributed by atoms with Gasteiger partial charge in [-0.25, -0.2) is 0 Å². The van der Waals surface area contributed by atoms with Crippen LogP contribution in [0.2, 0.25) is 0 Å². The average Bonchev–Trinajstić information content (AvgIpc) is 2.67. The number of rotatable bonds is 6. The second kappa shape index (κ2) is 6.43. The zero-order valence-electron chi connectivity index (χ0n) is 9.72. The van der Waals surface area contributed by atoms with Crippen molar-refractivity contribution in [3.63, 3.8) is 0 Å². The second-order valence-electron chi connectivity index (χ2n) is 4.47. The molecule has 0 aromatic heterocycles.